The minimum Gasteiger partial charge on any atom is -0.496 e. The fourth-order valence-corrected chi connectivity index (χ4v) is 2.44. The smallest absolute Gasteiger partial charge is 0.126 e. The molecule has 0 saturated carbocycles. The van der Waals surface area contributed by atoms with Gasteiger partial charge < -0.3 is 15.2 Å². The Labute approximate surface area is 120 Å². The van der Waals surface area contributed by atoms with Crippen LogP contribution in [0.25, 0.3) is 10.8 Å². The molecular formula is C17H23NO2. The summed E-state index contributed by atoms with van der Waals surface area (Å²) in [6.07, 6.45) is 0.844. The van der Waals surface area contributed by atoms with Gasteiger partial charge in [0.1, 0.15) is 5.75 Å². The van der Waals surface area contributed by atoms with Crippen molar-refractivity contribution in [3.05, 3.63) is 42.0 Å². The molecule has 0 aliphatic rings. The first-order chi connectivity index (χ1) is 9.76. The molecule has 3 nitrogen and oxygen atoms in total. The van der Waals surface area contributed by atoms with E-state index in [4.69, 9.17) is 9.84 Å². The highest BCUT2D eigenvalue weighted by atomic mass is 16.5. The van der Waals surface area contributed by atoms with Gasteiger partial charge in [-0.1, -0.05) is 37.3 Å². The van der Waals surface area contributed by atoms with Crippen LogP contribution in [0, 0.1) is 5.92 Å². The molecule has 3 heteroatoms. The third kappa shape index (κ3) is 3.50. The molecule has 2 aromatic rings. The van der Waals surface area contributed by atoms with Crippen LogP contribution in [-0.2, 0) is 6.54 Å². The number of hydrogen-bond acceptors (Lipinski definition) is 3. The number of aliphatic hydroxyl groups excluding tert-OH is 1. The van der Waals surface area contributed by atoms with Crippen LogP contribution >= 0.6 is 0 Å². The van der Waals surface area contributed by atoms with Crippen LogP contribution in [0.15, 0.2) is 36.4 Å². The first-order valence-electron chi connectivity index (χ1n) is 7.12. The maximum Gasteiger partial charge on any atom is 0.126 e. The molecule has 0 amide bonds. The lowest BCUT2D eigenvalue weighted by Crippen LogP contribution is -2.21. The number of methoxy groups -OCH3 is 1. The van der Waals surface area contributed by atoms with Crippen LogP contribution in [0.2, 0.25) is 0 Å². The van der Waals surface area contributed by atoms with Crippen molar-refractivity contribution in [3.63, 3.8) is 0 Å². The molecule has 108 valence electrons. The monoisotopic (exact) mass is 273 g/mol. The van der Waals surface area contributed by atoms with Gasteiger partial charge in [-0.2, -0.15) is 0 Å². The molecule has 2 rings (SSSR count). The van der Waals surface area contributed by atoms with Crippen molar-refractivity contribution in [1.29, 1.82) is 0 Å². The summed E-state index contributed by atoms with van der Waals surface area (Å²) in [5.41, 5.74) is 1.28. The molecule has 20 heavy (non-hydrogen) atoms. The average molecular weight is 273 g/mol. The zero-order chi connectivity index (χ0) is 14.4. The van der Waals surface area contributed by atoms with E-state index < -0.39 is 0 Å². The maximum absolute atomic E-state index is 8.91. The Morgan fingerprint density at radius 1 is 1.15 bits per heavy atom. The predicted octanol–water partition coefficient (Wildman–Crippen LogP) is 2.96. The lowest BCUT2D eigenvalue weighted by atomic mass is 10.0. The van der Waals surface area contributed by atoms with Gasteiger partial charge >= 0.3 is 0 Å². The Bertz CT molecular complexity index is 554. The molecule has 0 spiro atoms. The van der Waals surface area contributed by atoms with Crippen molar-refractivity contribution < 1.29 is 9.84 Å². The Kier molecular flexibility index (Phi) is 5.39. The largest absolute Gasteiger partial charge is 0.496 e. The normalized spacial score (nSPS) is 12.6. The average Bonchev–Trinajstić information content (AvgIpc) is 2.47. The van der Waals surface area contributed by atoms with E-state index in [1.54, 1.807) is 7.11 Å². The zero-order valence-electron chi connectivity index (χ0n) is 12.2. The van der Waals surface area contributed by atoms with Crippen molar-refractivity contribution in [1.82, 2.24) is 5.32 Å². The van der Waals surface area contributed by atoms with Crippen molar-refractivity contribution in [2.24, 2.45) is 5.92 Å². The Morgan fingerprint density at radius 2 is 1.90 bits per heavy atom. The van der Waals surface area contributed by atoms with E-state index in [0.717, 1.165) is 30.6 Å². The summed E-state index contributed by atoms with van der Waals surface area (Å²) in [7, 11) is 1.70. The molecule has 0 bridgehead atoms. The topological polar surface area (TPSA) is 41.5 Å². The fourth-order valence-electron chi connectivity index (χ4n) is 2.44. The summed E-state index contributed by atoms with van der Waals surface area (Å²) in [6.45, 7) is 4.16. The quantitative estimate of drug-likeness (QED) is 0.815. The minimum absolute atomic E-state index is 0.258. The molecule has 0 aliphatic carbocycles. The number of ether oxygens (including phenoxy) is 1. The lowest BCUT2D eigenvalue weighted by molar-refractivity contribution is 0.260. The highest BCUT2D eigenvalue weighted by molar-refractivity contribution is 5.91. The summed E-state index contributed by atoms with van der Waals surface area (Å²) >= 11 is 0. The Morgan fingerprint density at radius 3 is 2.60 bits per heavy atom. The molecule has 0 aliphatic heterocycles. The van der Waals surface area contributed by atoms with Gasteiger partial charge in [0, 0.05) is 18.5 Å². The number of nitrogens with one attached hydrogen (secondary N) is 1. The van der Waals surface area contributed by atoms with Gasteiger partial charge in [0.15, 0.2) is 0 Å². The predicted molar refractivity (Wildman–Crippen MR) is 83.1 cm³/mol. The van der Waals surface area contributed by atoms with E-state index in [1.165, 1.54) is 10.9 Å². The summed E-state index contributed by atoms with van der Waals surface area (Å²) in [4.78, 5) is 0. The van der Waals surface area contributed by atoms with E-state index in [0.29, 0.717) is 5.92 Å². The highest BCUT2D eigenvalue weighted by Crippen LogP contribution is 2.28. The third-order valence-corrected chi connectivity index (χ3v) is 3.62. The standard InChI is InChI=1S/C17H23NO2/c1-13(9-10-19)11-18-12-14-7-8-17(20-2)16-6-4-3-5-15(14)16/h3-8,13,18-19H,9-12H2,1-2H3. The number of rotatable bonds is 7. The van der Waals surface area contributed by atoms with E-state index in [2.05, 4.69) is 36.5 Å². The fraction of sp³-hybridized carbons (Fsp3) is 0.412. The Balaban J connectivity index is 2.11. The van der Waals surface area contributed by atoms with Crippen LogP contribution in [0.3, 0.4) is 0 Å². The summed E-state index contributed by atoms with van der Waals surface area (Å²) in [6, 6.07) is 12.4. The molecule has 1 atom stereocenters. The number of hydrogen-bond donors (Lipinski definition) is 2. The van der Waals surface area contributed by atoms with E-state index in [-0.39, 0.29) is 6.61 Å². The van der Waals surface area contributed by atoms with Crippen LogP contribution in [-0.4, -0.2) is 25.4 Å². The summed E-state index contributed by atoms with van der Waals surface area (Å²) in [5, 5.41) is 14.8. The zero-order valence-corrected chi connectivity index (χ0v) is 12.2. The molecule has 0 radical (unpaired) electrons. The van der Waals surface area contributed by atoms with E-state index in [1.807, 2.05) is 12.1 Å². The first-order valence-corrected chi connectivity index (χ1v) is 7.12. The lowest BCUT2D eigenvalue weighted by Gasteiger charge is -2.13. The summed E-state index contributed by atoms with van der Waals surface area (Å²) < 4.78 is 5.41. The van der Waals surface area contributed by atoms with Gasteiger partial charge in [-0.15, -0.1) is 0 Å². The maximum atomic E-state index is 8.91. The third-order valence-electron chi connectivity index (χ3n) is 3.62. The number of fused-ring (bicyclic) bond motifs is 1. The van der Waals surface area contributed by atoms with Gasteiger partial charge in [-0.05, 0) is 35.9 Å². The van der Waals surface area contributed by atoms with Gasteiger partial charge in [0.05, 0.1) is 7.11 Å². The second-order valence-electron chi connectivity index (χ2n) is 5.22. The van der Waals surface area contributed by atoms with Gasteiger partial charge in [0.25, 0.3) is 0 Å². The van der Waals surface area contributed by atoms with Crippen LogP contribution in [0.4, 0.5) is 0 Å². The summed E-state index contributed by atoms with van der Waals surface area (Å²) in [5.74, 6) is 1.41. The molecule has 0 saturated heterocycles. The molecule has 0 fully saturated rings. The van der Waals surface area contributed by atoms with Crippen LogP contribution in [0.5, 0.6) is 5.75 Å². The van der Waals surface area contributed by atoms with E-state index >= 15 is 0 Å². The van der Waals surface area contributed by atoms with Crippen molar-refractivity contribution in [3.8, 4) is 5.75 Å². The molecule has 2 aromatic carbocycles. The highest BCUT2D eigenvalue weighted by Gasteiger charge is 2.06. The molecule has 1 unspecified atom stereocenters. The van der Waals surface area contributed by atoms with Crippen molar-refractivity contribution in [2.45, 2.75) is 19.9 Å². The molecule has 0 heterocycles. The second kappa shape index (κ2) is 7.27. The molecular weight excluding hydrogens is 250 g/mol. The van der Waals surface area contributed by atoms with Crippen LogP contribution < -0.4 is 10.1 Å². The van der Waals surface area contributed by atoms with Gasteiger partial charge in [-0.25, -0.2) is 0 Å². The SMILES string of the molecule is COc1ccc(CNCC(C)CCO)c2ccccc12. The van der Waals surface area contributed by atoms with Crippen LogP contribution in [0.1, 0.15) is 18.9 Å². The van der Waals surface area contributed by atoms with Crippen molar-refractivity contribution in [2.75, 3.05) is 20.3 Å². The first kappa shape index (κ1) is 14.8. The number of benzene rings is 2. The number of aliphatic hydroxyl groups is 1. The van der Waals surface area contributed by atoms with Gasteiger partial charge in [0.2, 0.25) is 0 Å². The molecule has 2 N–H and O–H groups in total. The minimum atomic E-state index is 0.258. The van der Waals surface area contributed by atoms with Gasteiger partial charge in [-0.3, -0.25) is 0 Å². The Hall–Kier alpha value is -1.58. The van der Waals surface area contributed by atoms with Crippen molar-refractivity contribution >= 4 is 10.8 Å². The van der Waals surface area contributed by atoms with E-state index in [9.17, 15) is 0 Å². The second-order valence-corrected chi connectivity index (χ2v) is 5.22. The molecule has 0 aromatic heterocycles.